The van der Waals surface area contributed by atoms with Crippen molar-refractivity contribution in [3.63, 3.8) is 0 Å². The molecule has 0 aliphatic carbocycles. The lowest BCUT2D eigenvalue weighted by Crippen LogP contribution is -2.27. The van der Waals surface area contributed by atoms with Gasteiger partial charge in [-0.05, 0) is 57.2 Å². The molecule has 2 rings (SSSR count). The van der Waals surface area contributed by atoms with E-state index in [0.717, 1.165) is 18.2 Å². The van der Waals surface area contributed by atoms with Crippen molar-refractivity contribution in [1.82, 2.24) is 0 Å². The van der Waals surface area contributed by atoms with Gasteiger partial charge >= 0.3 is 12.3 Å². The van der Waals surface area contributed by atoms with E-state index in [1.807, 2.05) is 0 Å². The molecular formula is C19H17ClF4N2O3. The van der Waals surface area contributed by atoms with Gasteiger partial charge in [-0.2, -0.15) is 13.2 Å². The number of rotatable bonds is 3. The molecule has 0 saturated heterocycles. The molecule has 2 amide bonds. The molecule has 29 heavy (non-hydrogen) atoms. The number of benzene rings is 2. The second kappa shape index (κ2) is 8.28. The third kappa shape index (κ3) is 6.63. The Morgan fingerprint density at radius 2 is 1.66 bits per heavy atom. The van der Waals surface area contributed by atoms with Crippen LogP contribution in [0, 0.1) is 5.82 Å². The summed E-state index contributed by atoms with van der Waals surface area (Å²) >= 11 is 5.65. The van der Waals surface area contributed by atoms with Crippen molar-refractivity contribution >= 4 is 35.0 Å². The highest BCUT2D eigenvalue weighted by molar-refractivity contribution is 6.31. The molecule has 0 spiro atoms. The Labute approximate surface area is 169 Å². The second-order valence-corrected chi connectivity index (χ2v) is 7.44. The van der Waals surface area contributed by atoms with Crippen LogP contribution in [0.1, 0.15) is 36.7 Å². The topological polar surface area (TPSA) is 67.4 Å². The zero-order valence-electron chi connectivity index (χ0n) is 15.6. The average Bonchev–Trinajstić information content (AvgIpc) is 2.54. The summed E-state index contributed by atoms with van der Waals surface area (Å²) < 4.78 is 57.8. The van der Waals surface area contributed by atoms with E-state index in [2.05, 4.69) is 10.6 Å². The average molecular weight is 433 g/mol. The first-order chi connectivity index (χ1) is 13.2. The van der Waals surface area contributed by atoms with Crippen LogP contribution < -0.4 is 10.6 Å². The van der Waals surface area contributed by atoms with Crippen LogP contribution >= 0.6 is 11.6 Å². The number of carbonyl (C=O) groups is 2. The van der Waals surface area contributed by atoms with Crippen molar-refractivity contribution in [3.8, 4) is 0 Å². The van der Waals surface area contributed by atoms with Gasteiger partial charge < -0.3 is 10.1 Å². The van der Waals surface area contributed by atoms with E-state index in [1.165, 1.54) is 6.07 Å². The van der Waals surface area contributed by atoms with Gasteiger partial charge in [0.05, 0.1) is 11.3 Å². The third-order valence-electron chi connectivity index (χ3n) is 3.35. The molecule has 2 aromatic rings. The van der Waals surface area contributed by atoms with E-state index >= 15 is 0 Å². The first-order valence-corrected chi connectivity index (χ1v) is 8.61. The van der Waals surface area contributed by atoms with Crippen LogP contribution in [0.2, 0.25) is 5.02 Å². The van der Waals surface area contributed by atoms with Crippen molar-refractivity contribution in [3.05, 3.63) is 58.4 Å². The van der Waals surface area contributed by atoms with E-state index in [0.29, 0.717) is 12.1 Å². The summed E-state index contributed by atoms with van der Waals surface area (Å²) in [6.07, 6.45) is -5.51. The summed E-state index contributed by atoms with van der Waals surface area (Å²) in [5.41, 5.74) is -2.52. The molecule has 0 aliphatic rings. The molecule has 0 saturated carbocycles. The Bertz CT molecular complexity index is 940. The van der Waals surface area contributed by atoms with Gasteiger partial charge in [0, 0.05) is 16.3 Å². The smallest absolute Gasteiger partial charge is 0.416 e. The molecule has 0 unspecified atom stereocenters. The highest BCUT2D eigenvalue weighted by Gasteiger charge is 2.31. The van der Waals surface area contributed by atoms with E-state index in [9.17, 15) is 27.2 Å². The van der Waals surface area contributed by atoms with Gasteiger partial charge in [0.2, 0.25) is 0 Å². The van der Waals surface area contributed by atoms with Crippen molar-refractivity contribution in [2.45, 2.75) is 32.5 Å². The van der Waals surface area contributed by atoms with Crippen LogP contribution in [0.5, 0.6) is 0 Å². The number of ether oxygens (including phenoxy) is 1. The summed E-state index contributed by atoms with van der Waals surface area (Å²) in [6.45, 7) is 4.97. The molecular weight excluding hydrogens is 416 g/mol. The number of nitrogens with one attached hydrogen (secondary N) is 2. The summed E-state index contributed by atoms with van der Waals surface area (Å²) in [5.74, 6) is -1.86. The van der Waals surface area contributed by atoms with E-state index < -0.39 is 40.7 Å². The summed E-state index contributed by atoms with van der Waals surface area (Å²) in [5, 5.41) is 4.23. The molecule has 0 radical (unpaired) electrons. The lowest BCUT2D eigenvalue weighted by atomic mass is 10.1. The highest BCUT2D eigenvalue weighted by Crippen LogP contribution is 2.32. The monoisotopic (exact) mass is 432 g/mol. The number of anilines is 2. The van der Waals surface area contributed by atoms with Gasteiger partial charge in [-0.25, -0.2) is 9.18 Å². The molecule has 0 aromatic heterocycles. The lowest BCUT2D eigenvalue weighted by Gasteiger charge is -2.20. The van der Waals surface area contributed by atoms with Crippen molar-refractivity contribution in [1.29, 1.82) is 0 Å². The minimum absolute atomic E-state index is 0.109. The van der Waals surface area contributed by atoms with E-state index in [-0.39, 0.29) is 16.4 Å². The van der Waals surface area contributed by atoms with Crippen molar-refractivity contribution in [2.24, 2.45) is 0 Å². The second-order valence-electron chi connectivity index (χ2n) is 7.00. The number of hydrogen-bond donors (Lipinski definition) is 2. The maximum atomic E-state index is 14.0. The number of hydrogen-bond acceptors (Lipinski definition) is 3. The summed E-state index contributed by atoms with van der Waals surface area (Å²) in [7, 11) is 0. The van der Waals surface area contributed by atoms with Crippen molar-refractivity contribution < 1.29 is 31.9 Å². The molecule has 0 heterocycles. The van der Waals surface area contributed by atoms with Crippen LogP contribution in [0.4, 0.5) is 33.7 Å². The highest BCUT2D eigenvalue weighted by atomic mass is 35.5. The fourth-order valence-electron chi connectivity index (χ4n) is 2.20. The molecule has 2 N–H and O–H groups in total. The molecule has 2 aromatic carbocycles. The fourth-order valence-corrected chi connectivity index (χ4v) is 2.43. The molecule has 10 heteroatoms. The van der Waals surface area contributed by atoms with Gasteiger partial charge in [-0.15, -0.1) is 0 Å². The largest absolute Gasteiger partial charge is 0.444 e. The maximum Gasteiger partial charge on any atom is 0.416 e. The Kier molecular flexibility index (Phi) is 6.42. The Morgan fingerprint density at radius 3 is 2.24 bits per heavy atom. The lowest BCUT2D eigenvalue weighted by molar-refractivity contribution is -0.137. The molecule has 5 nitrogen and oxygen atoms in total. The van der Waals surface area contributed by atoms with Gasteiger partial charge in [-0.3, -0.25) is 10.1 Å². The molecule has 0 bridgehead atoms. The standard InChI is InChI=1S/C19H17ClF4N2O3/c1-18(2,3)29-17(28)25-13-4-5-14(21)15(9-13)26-16(27)10-6-11(19(22,23)24)8-12(20)7-10/h4-9H,1-3H3,(H,25,28)(H,26,27). The van der Waals surface area contributed by atoms with E-state index in [4.69, 9.17) is 16.3 Å². The molecule has 0 fully saturated rings. The first kappa shape index (κ1) is 22.5. The predicted octanol–water partition coefficient (Wildman–Crippen LogP) is 6.10. The number of amides is 2. The Hall–Kier alpha value is -2.81. The van der Waals surface area contributed by atoms with Gasteiger partial charge in [-0.1, -0.05) is 11.6 Å². The van der Waals surface area contributed by atoms with Crippen LogP contribution in [-0.4, -0.2) is 17.6 Å². The Balaban J connectivity index is 2.23. The molecule has 0 atom stereocenters. The number of carbonyl (C=O) groups excluding carboxylic acids is 2. The number of halogens is 5. The fraction of sp³-hybridized carbons (Fsp3) is 0.263. The zero-order chi connectivity index (χ0) is 22.0. The molecule has 156 valence electrons. The summed E-state index contributed by atoms with van der Waals surface area (Å²) in [4.78, 5) is 24.1. The Morgan fingerprint density at radius 1 is 1.00 bits per heavy atom. The SMILES string of the molecule is CC(C)(C)OC(=O)Nc1ccc(F)c(NC(=O)c2cc(Cl)cc(C(F)(F)F)c2)c1. The minimum Gasteiger partial charge on any atom is -0.444 e. The predicted molar refractivity (Wildman–Crippen MR) is 101 cm³/mol. The van der Waals surface area contributed by atoms with Crippen LogP contribution in [-0.2, 0) is 10.9 Å². The third-order valence-corrected chi connectivity index (χ3v) is 3.57. The summed E-state index contributed by atoms with van der Waals surface area (Å²) in [6, 6.07) is 5.60. The quantitative estimate of drug-likeness (QED) is 0.576. The zero-order valence-corrected chi connectivity index (χ0v) is 16.3. The van der Waals surface area contributed by atoms with Crippen LogP contribution in [0.25, 0.3) is 0 Å². The van der Waals surface area contributed by atoms with Gasteiger partial charge in [0.1, 0.15) is 11.4 Å². The van der Waals surface area contributed by atoms with E-state index in [1.54, 1.807) is 20.8 Å². The van der Waals surface area contributed by atoms with Crippen LogP contribution in [0.15, 0.2) is 36.4 Å². The van der Waals surface area contributed by atoms with Crippen LogP contribution in [0.3, 0.4) is 0 Å². The van der Waals surface area contributed by atoms with Gasteiger partial charge in [0.15, 0.2) is 0 Å². The van der Waals surface area contributed by atoms with Crippen molar-refractivity contribution in [2.75, 3.05) is 10.6 Å². The van der Waals surface area contributed by atoms with Gasteiger partial charge in [0.25, 0.3) is 5.91 Å². The molecule has 0 aliphatic heterocycles. The minimum atomic E-state index is -4.71. The maximum absolute atomic E-state index is 14.0. The normalized spacial score (nSPS) is 11.7. The number of alkyl halides is 3. The first-order valence-electron chi connectivity index (χ1n) is 8.23.